The van der Waals surface area contributed by atoms with Crippen LogP contribution in [0.25, 0.3) is 0 Å². The maximum absolute atomic E-state index is 10.2. The number of nitrogens with two attached hydrogens (primary N) is 1. The molecule has 0 saturated carbocycles. The van der Waals surface area contributed by atoms with E-state index in [9.17, 15) is 15.0 Å². The third-order valence-electron chi connectivity index (χ3n) is 5.64. The minimum Gasteiger partial charge on any atom is -0.490 e. The number of ether oxygens (including phenoxy) is 2. The lowest BCUT2D eigenvalue weighted by molar-refractivity contribution is -0.448. The van der Waals surface area contributed by atoms with Gasteiger partial charge < -0.3 is 41.4 Å². The van der Waals surface area contributed by atoms with E-state index in [1.807, 2.05) is 48.5 Å². The van der Waals surface area contributed by atoms with Crippen molar-refractivity contribution in [1.29, 1.82) is 0 Å². The van der Waals surface area contributed by atoms with Crippen LogP contribution in [0.4, 0.5) is 0 Å². The van der Waals surface area contributed by atoms with Gasteiger partial charge in [-0.15, -0.1) is 0 Å². The second kappa shape index (κ2) is 13.6. The van der Waals surface area contributed by atoms with Crippen molar-refractivity contribution in [2.45, 2.75) is 37.8 Å². The molecule has 0 aliphatic carbocycles. The number of hydrogen-bond donors (Lipinski definition) is 6. The summed E-state index contributed by atoms with van der Waals surface area (Å²) in [4.78, 5) is 10.2. The minimum absolute atomic E-state index is 0. The number of aliphatic carboxylic acids is 1. The lowest BCUT2D eigenvalue weighted by atomic mass is 9.99. The molecule has 9 heteroatoms. The van der Waals surface area contributed by atoms with Crippen molar-refractivity contribution in [3.63, 3.8) is 0 Å². The first-order valence-electron chi connectivity index (χ1n) is 11.1. The summed E-state index contributed by atoms with van der Waals surface area (Å²) in [6, 6.07) is 23.1. The Hall–Kier alpha value is -3.47. The van der Waals surface area contributed by atoms with Crippen LogP contribution >= 0.6 is 0 Å². The smallest absolute Gasteiger partial charge is 0.337 e. The molecule has 2 aliphatic heterocycles. The van der Waals surface area contributed by atoms with E-state index in [0.717, 1.165) is 22.6 Å². The molecule has 36 heavy (non-hydrogen) atoms. The van der Waals surface area contributed by atoms with Gasteiger partial charge in [-0.3, -0.25) is 0 Å². The lowest BCUT2D eigenvalue weighted by Crippen LogP contribution is -2.61. The van der Waals surface area contributed by atoms with Crippen LogP contribution in [0.1, 0.15) is 42.3 Å². The summed E-state index contributed by atoms with van der Waals surface area (Å²) in [5.74, 6) is 0.411. The van der Waals surface area contributed by atoms with Crippen molar-refractivity contribution in [2.75, 3.05) is 13.2 Å². The van der Waals surface area contributed by atoms with Crippen LogP contribution in [0.5, 0.6) is 11.5 Å². The first kappa shape index (κ1) is 28.8. The molecule has 0 spiro atoms. The summed E-state index contributed by atoms with van der Waals surface area (Å²) < 4.78 is 10.6. The molecule has 0 fully saturated rings. The van der Waals surface area contributed by atoms with Crippen molar-refractivity contribution in [2.24, 2.45) is 5.73 Å². The summed E-state index contributed by atoms with van der Waals surface area (Å²) in [7, 11) is 0. The normalized spacial score (nSPS) is 22.1. The molecule has 9 N–H and O–H groups in total. The third kappa shape index (κ3) is 7.27. The van der Waals surface area contributed by atoms with E-state index in [-0.39, 0.29) is 26.1 Å². The maximum Gasteiger partial charge on any atom is 0.337 e. The molecule has 0 bridgehead atoms. The molecule has 0 aromatic heterocycles. The monoisotopic (exact) mass is 499 g/mol. The number of carbonyl (C=O) groups is 1. The Morgan fingerprint density at radius 1 is 0.833 bits per heavy atom. The predicted octanol–water partition coefficient (Wildman–Crippen LogP) is 1.60. The van der Waals surface area contributed by atoms with Crippen molar-refractivity contribution >= 4 is 5.97 Å². The van der Waals surface area contributed by atoms with Crippen LogP contribution in [-0.4, -0.2) is 51.8 Å². The first-order chi connectivity index (χ1) is 16.8. The number of fused-ring (bicyclic) bond motifs is 2. The van der Waals surface area contributed by atoms with Crippen molar-refractivity contribution < 1.29 is 40.4 Å². The molecule has 9 nitrogen and oxygen atoms in total. The van der Waals surface area contributed by atoms with E-state index >= 15 is 0 Å². The Morgan fingerprint density at radius 2 is 1.31 bits per heavy atom. The van der Waals surface area contributed by atoms with Crippen LogP contribution < -0.4 is 20.9 Å². The number of rotatable bonds is 2. The number of hydrogen-bond acceptors (Lipinski definition) is 7. The molecule has 2 heterocycles. The number of carboxylic acid groups (broad SMARTS) is 1. The van der Waals surface area contributed by atoms with Gasteiger partial charge in [0.15, 0.2) is 6.10 Å². The van der Waals surface area contributed by atoms with Gasteiger partial charge in [-0.05, 0) is 23.8 Å². The minimum atomic E-state index is -1.41. The summed E-state index contributed by atoms with van der Waals surface area (Å²) in [6.45, 7) is 0.642. The highest BCUT2D eigenvalue weighted by molar-refractivity contribution is 5.73. The Kier molecular flexibility index (Phi) is 10.8. The second-order valence-corrected chi connectivity index (χ2v) is 8.12. The van der Waals surface area contributed by atoms with Crippen LogP contribution in [0.3, 0.4) is 0 Å². The van der Waals surface area contributed by atoms with Crippen LogP contribution in [0.15, 0.2) is 78.9 Å². The molecule has 5 atom stereocenters. The average molecular weight is 500 g/mol. The maximum atomic E-state index is 10.2. The number of aliphatic hydroxyl groups is 3. The van der Waals surface area contributed by atoms with Crippen molar-refractivity contribution in [3.8, 4) is 11.5 Å². The zero-order chi connectivity index (χ0) is 25.4. The van der Waals surface area contributed by atoms with Gasteiger partial charge in [0.25, 0.3) is 0 Å². The van der Waals surface area contributed by atoms with Crippen LogP contribution in [-0.2, 0) is 4.79 Å². The Bertz CT molecular complexity index is 1040. The van der Waals surface area contributed by atoms with Gasteiger partial charge >= 0.3 is 5.97 Å². The van der Waals surface area contributed by atoms with Gasteiger partial charge in [0.2, 0.25) is 0 Å². The van der Waals surface area contributed by atoms with Crippen LogP contribution in [0, 0.1) is 0 Å². The van der Waals surface area contributed by atoms with Crippen molar-refractivity contribution in [1.82, 2.24) is 0 Å². The Morgan fingerprint density at radius 3 is 1.89 bits per heavy atom. The average Bonchev–Trinajstić information content (AvgIpc) is 2.89. The lowest BCUT2D eigenvalue weighted by Gasteiger charge is -2.27. The number of aliphatic hydroxyl groups excluding tert-OH is 3. The quantitative estimate of drug-likeness (QED) is 0.309. The highest BCUT2D eigenvalue weighted by Crippen LogP contribution is 2.30. The number of para-hydroxylation sites is 2. The summed E-state index contributed by atoms with van der Waals surface area (Å²) in [6.07, 6.45) is -2.46. The molecular weight excluding hydrogens is 464 g/mol. The SMILES string of the molecule is C.NC1c2ccccc2OCC1O.O=C(O)[C@@H](O)c1ccccc1.[NH3+][C@H]1c2ccccc2OC[C@H]1O. The predicted molar refractivity (Wildman–Crippen MR) is 134 cm³/mol. The molecule has 2 aliphatic rings. The molecule has 0 saturated heterocycles. The van der Waals surface area contributed by atoms with Gasteiger partial charge in [-0.2, -0.15) is 0 Å². The fraction of sp³-hybridized carbons (Fsp3) is 0.296. The zero-order valence-electron chi connectivity index (χ0n) is 19.1. The Labute approximate surface area is 210 Å². The van der Waals surface area contributed by atoms with E-state index in [4.69, 9.17) is 25.4 Å². The van der Waals surface area contributed by atoms with Gasteiger partial charge in [0, 0.05) is 5.56 Å². The van der Waals surface area contributed by atoms with E-state index in [1.165, 1.54) is 0 Å². The highest BCUT2D eigenvalue weighted by atomic mass is 16.5. The topological polar surface area (TPSA) is 170 Å². The molecule has 0 amide bonds. The molecular formula is C27H35N2O7+. The first-order valence-corrected chi connectivity index (χ1v) is 11.1. The largest absolute Gasteiger partial charge is 0.490 e. The summed E-state index contributed by atoms with van der Waals surface area (Å²) in [5.41, 5.74) is 11.9. The number of benzene rings is 3. The zero-order valence-corrected chi connectivity index (χ0v) is 19.1. The van der Waals surface area contributed by atoms with Crippen molar-refractivity contribution in [3.05, 3.63) is 95.6 Å². The van der Waals surface area contributed by atoms with Gasteiger partial charge in [0.1, 0.15) is 43.0 Å². The fourth-order valence-electron chi connectivity index (χ4n) is 3.57. The van der Waals surface area contributed by atoms with Gasteiger partial charge in [0.05, 0.1) is 11.6 Å². The van der Waals surface area contributed by atoms with E-state index in [2.05, 4.69) is 5.73 Å². The molecule has 0 radical (unpaired) electrons. The second-order valence-electron chi connectivity index (χ2n) is 8.12. The third-order valence-corrected chi connectivity index (χ3v) is 5.64. The molecule has 194 valence electrons. The number of quaternary nitrogens is 1. The summed E-state index contributed by atoms with van der Waals surface area (Å²) >= 11 is 0. The molecule has 3 aromatic rings. The fourth-order valence-corrected chi connectivity index (χ4v) is 3.57. The van der Waals surface area contributed by atoms with E-state index in [1.54, 1.807) is 30.3 Å². The van der Waals surface area contributed by atoms with E-state index in [0.29, 0.717) is 12.2 Å². The van der Waals surface area contributed by atoms with Gasteiger partial charge in [-0.1, -0.05) is 68.1 Å². The molecule has 5 rings (SSSR count). The van der Waals surface area contributed by atoms with Crippen LogP contribution in [0.2, 0.25) is 0 Å². The number of carboxylic acids is 1. The summed E-state index contributed by atoms with van der Waals surface area (Å²) in [5, 5.41) is 36.2. The molecule has 3 aromatic carbocycles. The highest BCUT2D eigenvalue weighted by Gasteiger charge is 2.28. The van der Waals surface area contributed by atoms with Gasteiger partial charge in [-0.25, -0.2) is 4.79 Å². The molecule has 2 unspecified atom stereocenters. The Balaban J connectivity index is 0.000000188. The van der Waals surface area contributed by atoms with E-state index < -0.39 is 24.3 Å². The standard InChI is InChI=1S/2C9H11NO2.C8H8O3.CH4/c2*10-9-6-3-1-2-4-8(6)12-5-7(9)11;9-7(8(10)11)6-4-2-1-3-5-6;/h2*1-4,7,9,11H,5,10H2;1-5,7,9H,(H,10,11);1H4/p+1/t7-,9+;;7-;/m1.0./s1.